The van der Waals surface area contributed by atoms with Crippen LogP contribution in [0.5, 0.6) is 0 Å². The first kappa shape index (κ1) is 22.9. The normalized spacial score (nSPS) is 55.6. The van der Waals surface area contributed by atoms with Crippen LogP contribution in [0, 0.1) is 57.2 Å². The molecule has 0 saturated heterocycles. The first-order valence-electron chi connectivity index (χ1n) is 13.7. The van der Waals surface area contributed by atoms with Gasteiger partial charge >= 0.3 is 5.97 Å². The minimum atomic E-state index is -0.510. The SMILES string of the molecule is CC1CC[C@]2(C(=O)O)CC[C@]3(C)C(CCC4C[C@@]5(C)CCCC(=O)[C@H](C)C5CC[C@]43C)C12. The van der Waals surface area contributed by atoms with Gasteiger partial charge in [0.2, 0.25) is 0 Å². The lowest BCUT2D eigenvalue weighted by Crippen LogP contribution is -2.60. The quantitative estimate of drug-likeness (QED) is 0.470. The lowest BCUT2D eigenvalue weighted by atomic mass is 9.39. The summed E-state index contributed by atoms with van der Waals surface area (Å²) in [6.45, 7) is 12.2. The summed E-state index contributed by atoms with van der Waals surface area (Å²) in [6, 6.07) is 0. The number of aliphatic carboxylic acids is 1. The molecule has 0 aromatic rings. The zero-order valence-electron chi connectivity index (χ0n) is 21.2. The Morgan fingerprint density at radius 2 is 1.62 bits per heavy atom. The molecule has 0 radical (unpaired) electrons. The molecule has 32 heavy (non-hydrogen) atoms. The molecule has 5 unspecified atom stereocenters. The van der Waals surface area contributed by atoms with Crippen LogP contribution in [0.2, 0.25) is 0 Å². The van der Waals surface area contributed by atoms with Gasteiger partial charge in [0.15, 0.2) is 0 Å². The summed E-state index contributed by atoms with van der Waals surface area (Å²) < 4.78 is 0. The van der Waals surface area contributed by atoms with Crippen LogP contribution < -0.4 is 0 Å². The molecule has 1 N–H and O–H groups in total. The monoisotopic (exact) mass is 442 g/mol. The van der Waals surface area contributed by atoms with E-state index in [2.05, 4.69) is 34.6 Å². The van der Waals surface area contributed by atoms with Crippen molar-refractivity contribution in [1.29, 1.82) is 0 Å². The molecule has 0 spiro atoms. The molecule has 5 saturated carbocycles. The predicted octanol–water partition coefficient (Wildman–Crippen LogP) is 7.13. The van der Waals surface area contributed by atoms with E-state index in [1.54, 1.807) is 0 Å². The van der Waals surface area contributed by atoms with E-state index >= 15 is 0 Å². The fourth-order valence-corrected chi connectivity index (χ4v) is 10.8. The Kier molecular flexibility index (Phi) is 5.24. The third-order valence-corrected chi connectivity index (χ3v) is 13.0. The highest BCUT2D eigenvalue weighted by Crippen LogP contribution is 2.73. The number of carboxylic acids is 1. The van der Waals surface area contributed by atoms with Crippen LogP contribution in [0.25, 0.3) is 0 Å². The van der Waals surface area contributed by atoms with Crippen molar-refractivity contribution in [3.05, 3.63) is 0 Å². The first-order valence-corrected chi connectivity index (χ1v) is 13.7. The number of ketones is 1. The Morgan fingerprint density at radius 1 is 0.875 bits per heavy atom. The molecule has 0 bridgehead atoms. The first-order chi connectivity index (χ1) is 15.0. The fourth-order valence-electron chi connectivity index (χ4n) is 10.8. The van der Waals surface area contributed by atoms with Gasteiger partial charge in [-0.1, -0.05) is 34.6 Å². The third-order valence-electron chi connectivity index (χ3n) is 13.0. The zero-order valence-corrected chi connectivity index (χ0v) is 21.2. The zero-order chi connectivity index (χ0) is 23.1. The fraction of sp³-hybridized carbons (Fsp3) is 0.931. The largest absolute Gasteiger partial charge is 0.481 e. The molecular formula is C29H46O3. The van der Waals surface area contributed by atoms with E-state index in [0.717, 1.165) is 38.5 Å². The van der Waals surface area contributed by atoms with Crippen molar-refractivity contribution in [1.82, 2.24) is 0 Å². The summed E-state index contributed by atoms with van der Waals surface area (Å²) in [7, 11) is 0. The Morgan fingerprint density at radius 3 is 2.34 bits per heavy atom. The summed E-state index contributed by atoms with van der Waals surface area (Å²) in [5, 5.41) is 10.4. The van der Waals surface area contributed by atoms with E-state index in [1.807, 2.05) is 0 Å². The van der Waals surface area contributed by atoms with Crippen molar-refractivity contribution >= 4 is 11.8 Å². The van der Waals surface area contributed by atoms with E-state index in [9.17, 15) is 14.7 Å². The molecule has 5 fully saturated rings. The molecule has 3 nitrogen and oxygen atoms in total. The molecule has 3 heteroatoms. The van der Waals surface area contributed by atoms with Crippen LogP contribution in [-0.2, 0) is 9.59 Å². The van der Waals surface area contributed by atoms with Crippen LogP contribution in [0.4, 0.5) is 0 Å². The summed E-state index contributed by atoms with van der Waals surface area (Å²) in [5.74, 6) is 2.86. The molecule has 0 aliphatic heterocycles. The minimum Gasteiger partial charge on any atom is -0.481 e. The topological polar surface area (TPSA) is 54.4 Å². The van der Waals surface area contributed by atoms with Crippen LogP contribution in [0.1, 0.15) is 112 Å². The van der Waals surface area contributed by atoms with Crippen LogP contribution in [0.3, 0.4) is 0 Å². The molecule has 0 amide bonds. The van der Waals surface area contributed by atoms with E-state index in [4.69, 9.17) is 0 Å². The van der Waals surface area contributed by atoms with Gasteiger partial charge in [-0.15, -0.1) is 0 Å². The number of Topliss-reactive ketones (excluding diaryl/α,β-unsaturated/α-hetero) is 1. The highest BCUT2D eigenvalue weighted by molar-refractivity contribution is 5.81. The van der Waals surface area contributed by atoms with Gasteiger partial charge in [0.25, 0.3) is 0 Å². The number of rotatable bonds is 1. The molecular weight excluding hydrogens is 396 g/mol. The van der Waals surface area contributed by atoms with E-state index in [0.29, 0.717) is 35.4 Å². The molecule has 0 aromatic heterocycles. The Balaban J connectivity index is 1.52. The standard InChI is InChI=1S/C29H46O3/c1-18-10-14-29(25(31)32)16-15-28(5)22(24(18)29)9-8-20-17-26(3)12-6-7-23(30)19(2)21(26)11-13-27(20,28)4/h18-22,24H,6-17H2,1-5H3,(H,31,32)/t18?,19-,20?,21?,22?,24?,26-,27-,28-,29+/m1/s1. The van der Waals surface area contributed by atoms with Gasteiger partial charge in [-0.05, 0) is 116 Å². The average molecular weight is 443 g/mol. The van der Waals surface area contributed by atoms with Crippen molar-refractivity contribution in [2.75, 3.05) is 0 Å². The number of carbonyl (C=O) groups excluding carboxylic acids is 1. The maximum Gasteiger partial charge on any atom is 0.309 e. The van der Waals surface area contributed by atoms with Crippen molar-refractivity contribution in [2.24, 2.45) is 57.2 Å². The predicted molar refractivity (Wildman–Crippen MR) is 127 cm³/mol. The molecule has 10 atom stereocenters. The summed E-state index contributed by atoms with van der Waals surface area (Å²) >= 11 is 0. The number of carbonyl (C=O) groups is 2. The lowest BCUT2D eigenvalue weighted by molar-refractivity contribution is -0.188. The van der Waals surface area contributed by atoms with Gasteiger partial charge in [0.05, 0.1) is 5.41 Å². The van der Waals surface area contributed by atoms with Crippen LogP contribution in [-0.4, -0.2) is 16.9 Å². The van der Waals surface area contributed by atoms with Gasteiger partial charge in [0, 0.05) is 12.3 Å². The molecule has 180 valence electrons. The molecule has 5 aliphatic carbocycles. The van der Waals surface area contributed by atoms with Gasteiger partial charge in [0.1, 0.15) is 5.78 Å². The summed E-state index contributed by atoms with van der Waals surface area (Å²) in [6.07, 6.45) is 13.2. The molecule has 0 aromatic carbocycles. The van der Waals surface area contributed by atoms with Gasteiger partial charge in [-0.2, -0.15) is 0 Å². The highest BCUT2D eigenvalue weighted by Gasteiger charge is 2.68. The molecule has 0 heterocycles. The van der Waals surface area contributed by atoms with E-state index in [-0.39, 0.29) is 22.2 Å². The van der Waals surface area contributed by atoms with Gasteiger partial charge < -0.3 is 5.11 Å². The summed E-state index contributed by atoms with van der Waals surface area (Å²) in [5.41, 5.74) is 0.319. The van der Waals surface area contributed by atoms with Crippen molar-refractivity contribution in [3.8, 4) is 0 Å². The average Bonchev–Trinajstić information content (AvgIpc) is 2.97. The van der Waals surface area contributed by atoms with Crippen LogP contribution >= 0.6 is 0 Å². The van der Waals surface area contributed by atoms with Crippen molar-refractivity contribution < 1.29 is 14.7 Å². The van der Waals surface area contributed by atoms with Gasteiger partial charge in [-0.3, -0.25) is 9.59 Å². The molecule has 5 rings (SSSR count). The molecule has 5 aliphatic rings. The minimum absolute atomic E-state index is 0.204. The van der Waals surface area contributed by atoms with Crippen molar-refractivity contribution in [3.63, 3.8) is 0 Å². The van der Waals surface area contributed by atoms with E-state index in [1.165, 1.54) is 38.5 Å². The highest BCUT2D eigenvalue weighted by atomic mass is 16.4. The Bertz CT molecular complexity index is 804. The second kappa shape index (κ2) is 7.32. The number of fused-ring (bicyclic) bond motifs is 6. The second-order valence-corrected chi connectivity index (χ2v) is 13.8. The Hall–Kier alpha value is -0.860. The number of hydrogen-bond donors (Lipinski definition) is 1. The van der Waals surface area contributed by atoms with Crippen molar-refractivity contribution in [2.45, 2.75) is 112 Å². The van der Waals surface area contributed by atoms with Crippen LogP contribution in [0.15, 0.2) is 0 Å². The number of carboxylic acid groups (broad SMARTS) is 1. The maximum atomic E-state index is 12.8. The number of hydrogen-bond acceptors (Lipinski definition) is 2. The van der Waals surface area contributed by atoms with Gasteiger partial charge in [-0.25, -0.2) is 0 Å². The lowest BCUT2D eigenvalue weighted by Gasteiger charge is -2.65. The van der Waals surface area contributed by atoms with E-state index < -0.39 is 11.4 Å². The third kappa shape index (κ3) is 2.84. The second-order valence-electron chi connectivity index (χ2n) is 13.8. The Labute approximate surface area is 195 Å². The summed E-state index contributed by atoms with van der Waals surface area (Å²) in [4.78, 5) is 25.4. The maximum absolute atomic E-state index is 12.8. The smallest absolute Gasteiger partial charge is 0.309 e.